The maximum atomic E-state index is 12.5. The molecule has 1 fully saturated rings. The van der Waals surface area contributed by atoms with Gasteiger partial charge >= 0.3 is 12.1 Å². The Kier molecular flexibility index (Phi) is 5.23. The fraction of sp³-hybridized carbons (Fsp3) is 0.571. The molecule has 1 N–H and O–H groups in total. The van der Waals surface area contributed by atoms with Crippen molar-refractivity contribution in [1.29, 1.82) is 0 Å². The van der Waals surface area contributed by atoms with Crippen molar-refractivity contribution in [3.8, 4) is 0 Å². The standard InChI is InChI=1S/C21H30N4O4/c1-20(2,3)29-19(28)24(6)21(4)9-11-25(12-10-21)16-8-7-14(18(26)27)17-15(16)13-23(5)22-17/h7-8,13H,9-12H2,1-6H3,(H,26,27). The minimum atomic E-state index is -0.981. The Morgan fingerprint density at radius 3 is 2.41 bits per heavy atom. The van der Waals surface area contributed by atoms with Crippen molar-refractivity contribution in [1.82, 2.24) is 14.7 Å². The van der Waals surface area contributed by atoms with Gasteiger partial charge in [-0.05, 0) is 52.7 Å². The van der Waals surface area contributed by atoms with Crippen molar-refractivity contribution in [2.75, 3.05) is 25.0 Å². The van der Waals surface area contributed by atoms with E-state index in [-0.39, 0.29) is 17.2 Å². The molecule has 29 heavy (non-hydrogen) atoms. The molecular weight excluding hydrogens is 372 g/mol. The third kappa shape index (κ3) is 4.16. The molecule has 8 heteroatoms. The zero-order chi connectivity index (χ0) is 21.6. The summed E-state index contributed by atoms with van der Waals surface area (Å²) < 4.78 is 7.18. The number of amides is 1. The molecule has 158 valence electrons. The van der Waals surface area contributed by atoms with Gasteiger partial charge in [-0.3, -0.25) is 4.68 Å². The average molecular weight is 402 g/mol. The molecule has 0 radical (unpaired) electrons. The average Bonchev–Trinajstić information content (AvgIpc) is 3.00. The third-order valence-electron chi connectivity index (χ3n) is 5.66. The minimum absolute atomic E-state index is 0.204. The summed E-state index contributed by atoms with van der Waals surface area (Å²) in [5.74, 6) is -0.981. The van der Waals surface area contributed by atoms with Crippen molar-refractivity contribution < 1.29 is 19.4 Å². The maximum absolute atomic E-state index is 12.5. The van der Waals surface area contributed by atoms with Gasteiger partial charge < -0.3 is 19.6 Å². The van der Waals surface area contributed by atoms with Crippen LogP contribution in [0, 0.1) is 0 Å². The third-order valence-corrected chi connectivity index (χ3v) is 5.66. The van der Waals surface area contributed by atoms with Crippen molar-refractivity contribution in [2.45, 2.75) is 51.7 Å². The molecule has 0 aliphatic carbocycles. The summed E-state index contributed by atoms with van der Waals surface area (Å²) in [4.78, 5) is 28.0. The number of hydrogen-bond donors (Lipinski definition) is 1. The first-order valence-electron chi connectivity index (χ1n) is 9.83. The van der Waals surface area contributed by atoms with E-state index in [2.05, 4.69) is 16.9 Å². The molecule has 0 unspecified atom stereocenters. The number of carboxylic acid groups (broad SMARTS) is 1. The lowest BCUT2D eigenvalue weighted by Crippen LogP contribution is -2.55. The van der Waals surface area contributed by atoms with Crippen molar-refractivity contribution in [2.24, 2.45) is 7.05 Å². The van der Waals surface area contributed by atoms with E-state index in [0.717, 1.165) is 37.0 Å². The molecule has 1 saturated heterocycles. The van der Waals surface area contributed by atoms with E-state index in [1.165, 1.54) is 0 Å². The summed E-state index contributed by atoms with van der Waals surface area (Å²) >= 11 is 0. The summed E-state index contributed by atoms with van der Waals surface area (Å²) in [6.07, 6.45) is 3.11. The number of ether oxygens (including phenoxy) is 1. The molecule has 2 aromatic rings. The smallest absolute Gasteiger partial charge is 0.410 e. The van der Waals surface area contributed by atoms with E-state index in [4.69, 9.17) is 4.74 Å². The Balaban J connectivity index is 1.80. The number of aromatic carboxylic acids is 1. The number of nitrogens with zero attached hydrogens (tertiary/aromatic N) is 4. The van der Waals surface area contributed by atoms with Gasteiger partial charge in [0.2, 0.25) is 0 Å². The quantitative estimate of drug-likeness (QED) is 0.845. The van der Waals surface area contributed by atoms with Gasteiger partial charge in [0.1, 0.15) is 11.1 Å². The number of aromatic nitrogens is 2. The predicted octanol–water partition coefficient (Wildman–Crippen LogP) is 3.50. The summed E-state index contributed by atoms with van der Waals surface area (Å²) in [6.45, 7) is 9.18. The fourth-order valence-electron chi connectivity index (χ4n) is 3.77. The lowest BCUT2D eigenvalue weighted by Gasteiger charge is -2.45. The monoisotopic (exact) mass is 402 g/mol. The first kappa shape index (κ1) is 21.0. The molecule has 0 bridgehead atoms. The van der Waals surface area contributed by atoms with Gasteiger partial charge in [0.15, 0.2) is 0 Å². The van der Waals surface area contributed by atoms with Gasteiger partial charge in [0, 0.05) is 50.0 Å². The second-order valence-electron chi connectivity index (χ2n) is 9.03. The maximum Gasteiger partial charge on any atom is 0.410 e. The van der Waals surface area contributed by atoms with Crippen LogP contribution in [0.25, 0.3) is 10.9 Å². The highest BCUT2D eigenvalue weighted by Crippen LogP contribution is 2.35. The number of aryl methyl sites for hydroxylation is 1. The molecule has 1 aromatic carbocycles. The van der Waals surface area contributed by atoms with E-state index in [1.807, 2.05) is 33.0 Å². The SMILES string of the molecule is CN(C(=O)OC(C)(C)C)C1(C)CCN(c2ccc(C(=O)O)c3nn(C)cc23)CC1. The van der Waals surface area contributed by atoms with Crippen LogP contribution in [0.4, 0.5) is 10.5 Å². The largest absolute Gasteiger partial charge is 0.478 e. The molecule has 0 atom stereocenters. The van der Waals surface area contributed by atoms with Crippen LogP contribution in [0.1, 0.15) is 50.9 Å². The Labute approximate surface area is 171 Å². The number of rotatable bonds is 3. The molecule has 1 aromatic heterocycles. The Morgan fingerprint density at radius 1 is 1.24 bits per heavy atom. The number of carbonyl (C=O) groups is 2. The fourth-order valence-corrected chi connectivity index (χ4v) is 3.77. The predicted molar refractivity (Wildman–Crippen MR) is 112 cm³/mol. The van der Waals surface area contributed by atoms with Gasteiger partial charge in [-0.2, -0.15) is 5.10 Å². The van der Waals surface area contributed by atoms with Gasteiger partial charge in [-0.25, -0.2) is 9.59 Å². The van der Waals surface area contributed by atoms with Crippen LogP contribution in [0.5, 0.6) is 0 Å². The Morgan fingerprint density at radius 2 is 1.86 bits per heavy atom. The second-order valence-corrected chi connectivity index (χ2v) is 9.03. The highest BCUT2D eigenvalue weighted by Gasteiger charge is 2.38. The number of carbonyl (C=O) groups excluding carboxylic acids is 1. The molecule has 3 rings (SSSR count). The van der Waals surface area contributed by atoms with Gasteiger partial charge in [0.25, 0.3) is 0 Å². The molecular formula is C21H30N4O4. The van der Waals surface area contributed by atoms with Crippen LogP contribution in [0.2, 0.25) is 0 Å². The zero-order valence-electron chi connectivity index (χ0n) is 18.0. The summed E-state index contributed by atoms with van der Waals surface area (Å²) in [5, 5.41) is 14.6. The van der Waals surface area contributed by atoms with Crippen LogP contribution in [0.15, 0.2) is 18.3 Å². The Hall–Kier alpha value is -2.77. The minimum Gasteiger partial charge on any atom is -0.478 e. The summed E-state index contributed by atoms with van der Waals surface area (Å²) in [5.41, 5.74) is 0.848. The van der Waals surface area contributed by atoms with Crippen molar-refractivity contribution in [3.05, 3.63) is 23.9 Å². The number of benzene rings is 1. The van der Waals surface area contributed by atoms with E-state index >= 15 is 0 Å². The van der Waals surface area contributed by atoms with Gasteiger partial charge in [0.05, 0.1) is 5.56 Å². The highest BCUT2D eigenvalue weighted by molar-refractivity contribution is 6.06. The second kappa shape index (κ2) is 7.24. The first-order chi connectivity index (χ1) is 13.4. The van der Waals surface area contributed by atoms with Crippen LogP contribution in [-0.2, 0) is 11.8 Å². The molecule has 8 nitrogen and oxygen atoms in total. The van der Waals surface area contributed by atoms with Crippen molar-refractivity contribution >= 4 is 28.7 Å². The lowest BCUT2D eigenvalue weighted by molar-refractivity contribution is 0.00347. The van der Waals surface area contributed by atoms with E-state index in [9.17, 15) is 14.7 Å². The Bertz CT molecular complexity index is 936. The molecule has 0 saturated carbocycles. The zero-order valence-corrected chi connectivity index (χ0v) is 18.0. The number of hydrogen-bond acceptors (Lipinski definition) is 5. The van der Waals surface area contributed by atoms with Gasteiger partial charge in [-0.1, -0.05) is 0 Å². The molecule has 2 heterocycles. The molecule has 1 amide bonds. The number of carboxylic acids is 1. The van der Waals surface area contributed by atoms with E-state index in [1.54, 1.807) is 29.7 Å². The number of anilines is 1. The van der Waals surface area contributed by atoms with E-state index < -0.39 is 11.6 Å². The van der Waals surface area contributed by atoms with Crippen LogP contribution >= 0.6 is 0 Å². The number of piperidine rings is 1. The molecule has 1 aliphatic heterocycles. The summed E-state index contributed by atoms with van der Waals surface area (Å²) in [6, 6.07) is 3.47. The number of fused-ring (bicyclic) bond motifs is 1. The van der Waals surface area contributed by atoms with Crippen LogP contribution in [0.3, 0.4) is 0 Å². The summed E-state index contributed by atoms with van der Waals surface area (Å²) in [7, 11) is 3.59. The normalized spacial score (nSPS) is 16.7. The highest BCUT2D eigenvalue weighted by atomic mass is 16.6. The molecule has 1 aliphatic rings. The van der Waals surface area contributed by atoms with E-state index in [0.29, 0.717) is 5.52 Å². The van der Waals surface area contributed by atoms with Gasteiger partial charge in [-0.15, -0.1) is 0 Å². The van der Waals surface area contributed by atoms with Crippen LogP contribution < -0.4 is 4.90 Å². The molecule has 0 spiro atoms. The van der Waals surface area contributed by atoms with Crippen LogP contribution in [-0.4, -0.2) is 63.1 Å². The topological polar surface area (TPSA) is 87.9 Å². The first-order valence-corrected chi connectivity index (χ1v) is 9.83. The van der Waals surface area contributed by atoms with Crippen molar-refractivity contribution in [3.63, 3.8) is 0 Å². The lowest BCUT2D eigenvalue weighted by atomic mass is 9.88.